The number of benzene rings is 1. The van der Waals surface area contributed by atoms with Crippen LogP contribution in [0.5, 0.6) is 0 Å². The van der Waals surface area contributed by atoms with Gasteiger partial charge in [0.05, 0.1) is 26.7 Å². The van der Waals surface area contributed by atoms with Gasteiger partial charge in [0.2, 0.25) is 0 Å². The number of aliphatic hydroxyl groups is 1. The van der Waals surface area contributed by atoms with Gasteiger partial charge < -0.3 is 14.6 Å². The molecule has 1 aliphatic heterocycles. The van der Waals surface area contributed by atoms with Crippen molar-refractivity contribution >= 4 is 5.97 Å². The molecule has 1 atom stereocenters. The molecular weight excluding hydrogens is 280 g/mol. The lowest BCUT2D eigenvalue weighted by molar-refractivity contribution is -0.139. The maximum Gasteiger partial charge on any atom is 0.309 e. The van der Waals surface area contributed by atoms with Crippen LogP contribution in [0, 0.1) is 5.41 Å². The first-order chi connectivity index (χ1) is 10.7. The Kier molecular flexibility index (Phi) is 6.40. The van der Waals surface area contributed by atoms with E-state index in [0.717, 1.165) is 44.3 Å². The molecule has 0 saturated carbocycles. The number of hydrogen-bond acceptors (Lipinski definition) is 4. The summed E-state index contributed by atoms with van der Waals surface area (Å²) in [5.41, 5.74) is 2.20. The molecule has 1 N–H and O–H groups in total. The third-order valence-electron chi connectivity index (χ3n) is 4.51. The quantitative estimate of drug-likeness (QED) is 0.787. The number of esters is 1. The van der Waals surface area contributed by atoms with Crippen LogP contribution >= 0.6 is 0 Å². The number of carbonyl (C=O) groups excluding carboxylic acids is 1. The molecule has 0 spiro atoms. The van der Waals surface area contributed by atoms with Crippen LogP contribution in [0.2, 0.25) is 0 Å². The molecule has 0 radical (unpaired) electrons. The zero-order chi connectivity index (χ0) is 15.8. The Labute approximate surface area is 132 Å². The van der Waals surface area contributed by atoms with Crippen LogP contribution in [0.25, 0.3) is 0 Å². The van der Waals surface area contributed by atoms with Crippen molar-refractivity contribution in [1.82, 2.24) is 0 Å². The maximum absolute atomic E-state index is 11.2. The smallest absolute Gasteiger partial charge is 0.309 e. The Bertz CT molecular complexity index is 460. The van der Waals surface area contributed by atoms with Crippen molar-refractivity contribution in [3.8, 4) is 0 Å². The third kappa shape index (κ3) is 4.82. The fourth-order valence-corrected chi connectivity index (χ4v) is 3.04. The Morgan fingerprint density at radius 1 is 1.32 bits per heavy atom. The third-order valence-corrected chi connectivity index (χ3v) is 4.51. The summed E-state index contributed by atoms with van der Waals surface area (Å²) in [5, 5.41) is 9.66. The molecule has 1 aromatic carbocycles. The molecule has 0 amide bonds. The fraction of sp³-hybridized carbons (Fsp3) is 0.611. The first kappa shape index (κ1) is 17.0. The van der Waals surface area contributed by atoms with E-state index >= 15 is 0 Å². The highest BCUT2D eigenvalue weighted by molar-refractivity contribution is 5.72. The molecule has 4 nitrogen and oxygen atoms in total. The van der Waals surface area contributed by atoms with Crippen molar-refractivity contribution in [3.05, 3.63) is 35.4 Å². The van der Waals surface area contributed by atoms with Gasteiger partial charge in [-0.1, -0.05) is 24.3 Å². The van der Waals surface area contributed by atoms with Crippen molar-refractivity contribution in [3.63, 3.8) is 0 Å². The average molecular weight is 306 g/mol. The number of hydrogen-bond donors (Lipinski definition) is 1. The number of aryl methyl sites for hydroxylation is 1. The predicted octanol–water partition coefficient (Wildman–Crippen LogP) is 2.51. The van der Waals surface area contributed by atoms with E-state index in [1.165, 1.54) is 12.7 Å². The number of aliphatic hydroxyl groups excluding tert-OH is 1. The van der Waals surface area contributed by atoms with Crippen molar-refractivity contribution < 1.29 is 19.4 Å². The van der Waals surface area contributed by atoms with Crippen LogP contribution in [0.4, 0.5) is 0 Å². The molecule has 1 fully saturated rings. The van der Waals surface area contributed by atoms with E-state index in [9.17, 15) is 9.90 Å². The molecule has 2 rings (SSSR count). The number of methoxy groups -OCH3 is 1. The summed E-state index contributed by atoms with van der Waals surface area (Å²) in [6, 6.07) is 8.11. The zero-order valence-corrected chi connectivity index (χ0v) is 13.3. The van der Waals surface area contributed by atoms with Crippen molar-refractivity contribution in [2.75, 3.05) is 26.9 Å². The number of ether oxygens (including phenoxy) is 2. The van der Waals surface area contributed by atoms with Gasteiger partial charge in [0.15, 0.2) is 0 Å². The molecule has 122 valence electrons. The summed E-state index contributed by atoms with van der Waals surface area (Å²) >= 11 is 0. The molecule has 4 heteroatoms. The topological polar surface area (TPSA) is 55.8 Å². The first-order valence-electron chi connectivity index (χ1n) is 8.01. The molecule has 1 saturated heterocycles. The highest BCUT2D eigenvalue weighted by Crippen LogP contribution is 2.33. The summed E-state index contributed by atoms with van der Waals surface area (Å²) in [7, 11) is 1.41. The molecule has 22 heavy (non-hydrogen) atoms. The molecule has 1 heterocycles. The van der Waals surface area contributed by atoms with Crippen molar-refractivity contribution in [2.45, 2.75) is 38.5 Å². The second-order valence-electron chi connectivity index (χ2n) is 6.24. The van der Waals surface area contributed by atoms with E-state index in [1.54, 1.807) is 0 Å². The van der Waals surface area contributed by atoms with Gasteiger partial charge in [0.1, 0.15) is 0 Å². The second-order valence-corrected chi connectivity index (χ2v) is 6.24. The molecule has 0 aromatic heterocycles. The Morgan fingerprint density at radius 3 is 2.64 bits per heavy atom. The molecule has 0 aliphatic carbocycles. The predicted molar refractivity (Wildman–Crippen MR) is 84.7 cm³/mol. The summed E-state index contributed by atoms with van der Waals surface area (Å²) in [4.78, 5) is 11.2. The Balaban J connectivity index is 1.80. The van der Waals surface area contributed by atoms with Crippen molar-refractivity contribution in [1.29, 1.82) is 0 Å². The van der Waals surface area contributed by atoms with Crippen LogP contribution in [-0.2, 0) is 27.1 Å². The number of rotatable bonds is 7. The monoisotopic (exact) mass is 306 g/mol. The Morgan fingerprint density at radius 2 is 2.05 bits per heavy atom. The van der Waals surface area contributed by atoms with Gasteiger partial charge in [-0.05, 0) is 43.2 Å². The summed E-state index contributed by atoms with van der Waals surface area (Å²) in [5.74, 6) is -0.213. The minimum absolute atomic E-state index is 0.0386. The average Bonchev–Trinajstić information content (AvgIpc) is 2.57. The van der Waals surface area contributed by atoms with Gasteiger partial charge in [-0.3, -0.25) is 4.79 Å². The van der Waals surface area contributed by atoms with Gasteiger partial charge in [0.25, 0.3) is 0 Å². The highest BCUT2D eigenvalue weighted by Gasteiger charge is 2.31. The van der Waals surface area contributed by atoms with E-state index in [-0.39, 0.29) is 18.0 Å². The van der Waals surface area contributed by atoms with E-state index < -0.39 is 0 Å². The maximum atomic E-state index is 11.2. The van der Waals surface area contributed by atoms with Crippen LogP contribution in [0.3, 0.4) is 0 Å². The summed E-state index contributed by atoms with van der Waals surface area (Å²) in [6.45, 7) is 1.72. The SMILES string of the molecule is COC(=O)Cc1ccc(CCCC2(CO)CCCOC2)cc1. The van der Waals surface area contributed by atoms with Gasteiger partial charge in [-0.15, -0.1) is 0 Å². The fourth-order valence-electron chi connectivity index (χ4n) is 3.04. The minimum Gasteiger partial charge on any atom is -0.469 e. The molecule has 0 bridgehead atoms. The van der Waals surface area contributed by atoms with Crippen molar-refractivity contribution in [2.24, 2.45) is 5.41 Å². The lowest BCUT2D eigenvalue weighted by atomic mass is 9.78. The minimum atomic E-state index is -0.213. The van der Waals surface area contributed by atoms with Crippen LogP contribution in [0.15, 0.2) is 24.3 Å². The highest BCUT2D eigenvalue weighted by atomic mass is 16.5. The number of carbonyl (C=O) groups is 1. The van der Waals surface area contributed by atoms with Crippen LogP contribution in [-0.4, -0.2) is 38.0 Å². The van der Waals surface area contributed by atoms with E-state index in [2.05, 4.69) is 16.9 Å². The lowest BCUT2D eigenvalue weighted by Gasteiger charge is -2.35. The van der Waals surface area contributed by atoms with Gasteiger partial charge >= 0.3 is 5.97 Å². The molecule has 1 unspecified atom stereocenters. The molecular formula is C18H26O4. The first-order valence-corrected chi connectivity index (χ1v) is 8.01. The standard InChI is InChI=1S/C18H26O4/c1-21-17(20)12-16-7-5-15(6-8-16)4-2-9-18(13-19)10-3-11-22-14-18/h5-8,19H,2-4,9-14H2,1H3. The summed E-state index contributed by atoms with van der Waals surface area (Å²) in [6.07, 6.45) is 5.44. The van der Waals surface area contributed by atoms with E-state index in [0.29, 0.717) is 13.0 Å². The van der Waals surface area contributed by atoms with Crippen LogP contribution in [0.1, 0.15) is 36.8 Å². The molecule has 1 aliphatic rings. The largest absolute Gasteiger partial charge is 0.469 e. The second kappa shape index (κ2) is 8.30. The van der Waals surface area contributed by atoms with Gasteiger partial charge in [0, 0.05) is 12.0 Å². The zero-order valence-electron chi connectivity index (χ0n) is 13.3. The molecule has 1 aromatic rings. The Hall–Kier alpha value is -1.39. The summed E-state index contributed by atoms with van der Waals surface area (Å²) < 4.78 is 10.2. The van der Waals surface area contributed by atoms with E-state index in [1.807, 2.05) is 12.1 Å². The van der Waals surface area contributed by atoms with E-state index in [4.69, 9.17) is 4.74 Å². The van der Waals surface area contributed by atoms with Gasteiger partial charge in [-0.25, -0.2) is 0 Å². The van der Waals surface area contributed by atoms with Crippen LogP contribution < -0.4 is 0 Å². The van der Waals surface area contributed by atoms with Gasteiger partial charge in [-0.2, -0.15) is 0 Å². The normalized spacial score (nSPS) is 21.5. The lowest BCUT2D eigenvalue weighted by Crippen LogP contribution is -2.35.